The number of ether oxygens (including phenoxy) is 3. The molecule has 0 spiro atoms. The summed E-state index contributed by atoms with van der Waals surface area (Å²) in [5.41, 5.74) is 1.54. The van der Waals surface area contributed by atoms with Crippen molar-refractivity contribution in [2.75, 3.05) is 26.2 Å². The molecule has 1 amide bonds. The zero-order valence-electron chi connectivity index (χ0n) is 20.6. The van der Waals surface area contributed by atoms with Crippen LogP contribution in [-0.4, -0.2) is 38.1 Å². The number of amides is 1. The molecule has 7 heteroatoms. The summed E-state index contributed by atoms with van der Waals surface area (Å²) in [5.74, 6) is -0.326. The molecular formula is C30H25NO6. The Hall–Kier alpha value is -4.78. The van der Waals surface area contributed by atoms with E-state index < -0.39 is 17.7 Å². The van der Waals surface area contributed by atoms with Crippen LogP contribution in [0.5, 0.6) is 17.2 Å². The molecule has 0 saturated carbocycles. The van der Waals surface area contributed by atoms with E-state index in [2.05, 4.69) is 0 Å². The van der Waals surface area contributed by atoms with Crippen LogP contribution in [0.15, 0.2) is 90.5 Å². The van der Waals surface area contributed by atoms with Gasteiger partial charge in [0.05, 0.1) is 32.9 Å². The van der Waals surface area contributed by atoms with E-state index in [1.165, 1.54) is 19.1 Å². The van der Waals surface area contributed by atoms with Gasteiger partial charge in [-0.3, -0.25) is 14.5 Å². The standard InChI is InChI=1S/C30H25NO6/c1-35-21-14-12-20(13-15-21)31-27(23-10-6-8-18-7-4-5-9-22(18)23)26(29(33)30(31)34)28(32)19-11-16-24(36-2)25(17-19)37-3/h4-17,27,32H,1-3H3/b28-26-. The number of benzene rings is 4. The van der Waals surface area contributed by atoms with Crippen molar-refractivity contribution in [3.63, 3.8) is 0 Å². The van der Waals surface area contributed by atoms with Crippen LogP contribution in [0.3, 0.4) is 0 Å². The second-order valence-electron chi connectivity index (χ2n) is 8.51. The van der Waals surface area contributed by atoms with Gasteiger partial charge in [0.15, 0.2) is 11.5 Å². The van der Waals surface area contributed by atoms with Gasteiger partial charge in [0.2, 0.25) is 0 Å². The third kappa shape index (κ3) is 4.04. The third-order valence-corrected chi connectivity index (χ3v) is 6.57. The van der Waals surface area contributed by atoms with Gasteiger partial charge in [-0.05, 0) is 58.8 Å². The summed E-state index contributed by atoms with van der Waals surface area (Å²) in [5, 5.41) is 13.3. The fraction of sp³-hybridized carbons (Fsp3) is 0.133. The first-order chi connectivity index (χ1) is 18.0. The van der Waals surface area contributed by atoms with Crippen LogP contribution in [0.4, 0.5) is 5.69 Å². The smallest absolute Gasteiger partial charge is 0.300 e. The lowest BCUT2D eigenvalue weighted by atomic mass is 9.91. The average Bonchev–Trinajstić information content (AvgIpc) is 3.21. The molecule has 7 nitrogen and oxygen atoms in total. The Bertz CT molecular complexity index is 1530. The quantitative estimate of drug-likeness (QED) is 0.216. The predicted octanol–water partition coefficient (Wildman–Crippen LogP) is 5.49. The van der Waals surface area contributed by atoms with Crippen molar-refractivity contribution in [1.82, 2.24) is 0 Å². The highest BCUT2D eigenvalue weighted by atomic mass is 16.5. The lowest BCUT2D eigenvalue weighted by Crippen LogP contribution is -2.29. The number of carbonyl (C=O) groups excluding carboxylic acids is 2. The first-order valence-corrected chi connectivity index (χ1v) is 11.6. The summed E-state index contributed by atoms with van der Waals surface area (Å²) in [7, 11) is 4.55. The van der Waals surface area contributed by atoms with Gasteiger partial charge in [-0.1, -0.05) is 42.5 Å². The number of Topliss-reactive ketones (excluding diaryl/α,β-unsaturated/α-hetero) is 1. The van der Waals surface area contributed by atoms with Gasteiger partial charge in [0, 0.05) is 11.3 Å². The minimum absolute atomic E-state index is 0.00982. The van der Waals surface area contributed by atoms with E-state index in [9.17, 15) is 14.7 Å². The number of hydrogen-bond donors (Lipinski definition) is 1. The number of anilines is 1. The molecule has 1 N–H and O–H groups in total. The number of carbonyl (C=O) groups is 2. The maximum atomic E-state index is 13.5. The fourth-order valence-corrected chi connectivity index (χ4v) is 4.76. The molecule has 37 heavy (non-hydrogen) atoms. The van der Waals surface area contributed by atoms with E-state index >= 15 is 0 Å². The van der Waals surface area contributed by atoms with Crippen molar-refractivity contribution in [2.45, 2.75) is 6.04 Å². The predicted molar refractivity (Wildman–Crippen MR) is 141 cm³/mol. The molecule has 0 aliphatic carbocycles. The van der Waals surface area contributed by atoms with Gasteiger partial charge in [-0.15, -0.1) is 0 Å². The summed E-state index contributed by atoms with van der Waals surface area (Å²) in [4.78, 5) is 28.5. The van der Waals surface area contributed by atoms with Gasteiger partial charge in [-0.25, -0.2) is 0 Å². The van der Waals surface area contributed by atoms with Crippen molar-refractivity contribution < 1.29 is 28.9 Å². The second kappa shape index (κ2) is 9.70. The Kier molecular flexibility index (Phi) is 6.27. The van der Waals surface area contributed by atoms with Crippen LogP contribution in [0, 0.1) is 0 Å². The highest BCUT2D eigenvalue weighted by Crippen LogP contribution is 2.45. The Morgan fingerprint density at radius 2 is 1.49 bits per heavy atom. The molecule has 0 radical (unpaired) electrons. The Balaban J connectivity index is 1.77. The lowest BCUT2D eigenvalue weighted by Gasteiger charge is -2.26. The molecule has 1 aliphatic rings. The molecule has 1 saturated heterocycles. The van der Waals surface area contributed by atoms with Crippen molar-refractivity contribution in [2.24, 2.45) is 0 Å². The van der Waals surface area contributed by atoms with Gasteiger partial charge in [0.25, 0.3) is 11.7 Å². The number of nitrogens with zero attached hydrogens (tertiary/aromatic N) is 1. The number of fused-ring (bicyclic) bond motifs is 1. The van der Waals surface area contributed by atoms with Crippen LogP contribution in [0.25, 0.3) is 16.5 Å². The van der Waals surface area contributed by atoms with E-state index in [4.69, 9.17) is 14.2 Å². The molecule has 186 valence electrons. The van der Waals surface area contributed by atoms with Crippen molar-refractivity contribution in [3.8, 4) is 17.2 Å². The van der Waals surface area contributed by atoms with Crippen LogP contribution in [-0.2, 0) is 9.59 Å². The number of aliphatic hydroxyl groups is 1. The van der Waals surface area contributed by atoms with Gasteiger partial charge in [0.1, 0.15) is 11.5 Å². The normalized spacial score (nSPS) is 16.7. The molecule has 4 aromatic rings. The number of methoxy groups -OCH3 is 3. The Morgan fingerprint density at radius 1 is 0.784 bits per heavy atom. The van der Waals surface area contributed by atoms with Crippen LogP contribution >= 0.6 is 0 Å². The number of hydrogen-bond acceptors (Lipinski definition) is 6. The summed E-state index contributed by atoms with van der Waals surface area (Å²) in [6.45, 7) is 0. The fourth-order valence-electron chi connectivity index (χ4n) is 4.76. The maximum Gasteiger partial charge on any atom is 0.300 e. The third-order valence-electron chi connectivity index (χ3n) is 6.57. The highest BCUT2D eigenvalue weighted by molar-refractivity contribution is 6.51. The summed E-state index contributed by atoms with van der Waals surface area (Å²) < 4.78 is 16.0. The molecule has 5 rings (SSSR count). The van der Waals surface area contributed by atoms with E-state index in [-0.39, 0.29) is 11.3 Å². The second-order valence-corrected chi connectivity index (χ2v) is 8.51. The SMILES string of the molecule is COc1ccc(N2C(=O)C(=O)/C(=C(\O)c3ccc(OC)c(OC)c3)C2c2cccc3ccccc23)cc1. The van der Waals surface area contributed by atoms with Crippen LogP contribution < -0.4 is 19.1 Å². The number of rotatable bonds is 6. The lowest BCUT2D eigenvalue weighted by molar-refractivity contribution is -0.132. The molecule has 1 atom stereocenters. The summed E-state index contributed by atoms with van der Waals surface area (Å²) in [6, 6.07) is 24.3. The van der Waals surface area contributed by atoms with Crippen molar-refractivity contribution in [1.29, 1.82) is 0 Å². The van der Waals surface area contributed by atoms with E-state index in [1.54, 1.807) is 49.6 Å². The topological polar surface area (TPSA) is 85.3 Å². The van der Waals surface area contributed by atoms with Gasteiger partial charge in [-0.2, -0.15) is 0 Å². The Morgan fingerprint density at radius 3 is 2.19 bits per heavy atom. The maximum absolute atomic E-state index is 13.5. The van der Waals surface area contributed by atoms with Crippen LogP contribution in [0.1, 0.15) is 17.2 Å². The molecular weight excluding hydrogens is 470 g/mol. The molecule has 0 aromatic heterocycles. The van der Waals surface area contributed by atoms with Gasteiger partial charge < -0.3 is 19.3 Å². The average molecular weight is 496 g/mol. The minimum Gasteiger partial charge on any atom is -0.507 e. The molecule has 1 aliphatic heterocycles. The zero-order valence-corrected chi connectivity index (χ0v) is 20.6. The van der Waals surface area contributed by atoms with E-state index in [0.29, 0.717) is 28.5 Å². The molecule has 4 aromatic carbocycles. The minimum atomic E-state index is -0.868. The first kappa shape index (κ1) is 23.9. The van der Waals surface area contributed by atoms with E-state index in [1.807, 2.05) is 42.5 Å². The summed E-state index contributed by atoms with van der Waals surface area (Å²) >= 11 is 0. The van der Waals surface area contributed by atoms with Crippen LogP contribution in [0.2, 0.25) is 0 Å². The van der Waals surface area contributed by atoms with Crippen molar-refractivity contribution in [3.05, 3.63) is 102 Å². The zero-order chi connectivity index (χ0) is 26.1. The largest absolute Gasteiger partial charge is 0.507 e. The molecule has 1 unspecified atom stereocenters. The first-order valence-electron chi connectivity index (χ1n) is 11.6. The monoisotopic (exact) mass is 495 g/mol. The summed E-state index contributed by atoms with van der Waals surface area (Å²) in [6.07, 6.45) is 0. The highest BCUT2D eigenvalue weighted by Gasteiger charge is 2.47. The number of ketones is 1. The number of aliphatic hydroxyl groups excluding tert-OH is 1. The molecule has 1 heterocycles. The molecule has 1 fully saturated rings. The van der Waals surface area contributed by atoms with Gasteiger partial charge >= 0.3 is 0 Å². The van der Waals surface area contributed by atoms with Crippen molar-refractivity contribution >= 4 is 33.9 Å². The molecule has 0 bridgehead atoms. The van der Waals surface area contributed by atoms with E-state index in [0.717, 1.165) is 16.3 Å². The Labute approximate surface area is 214 Å².